The number of piperazine rings is 1. The van der Waals surface area contributed by atoms with Crippen molar-refractivity contribution in [1.29, 1.82) is 0 Å². The van der Waals surface area contributed by atoms with Crippen LogP contribution in [0, 0.1) is 5.82 Å². The third-order valence-corrected chi connectivity index (χ3v) is 3.75. The fraction of sp³-hybridized carbons (Fsp3) is 0.429. The zero-order valence-electron chi connectivity index (χ0n) is 11.8. The van der Waals surface area contributed by atoms with E-state index in [9.17, 15) is 14.3 Å². The van der Waals surface area contributed by atoms with Gasteiger partial charge in [-0.15, -0.1) is 0 Å². The Bertz CT molecular complexity index is 675. The van der Waals surface area contributed by atoms with Gasteiger partial charge < -0.3 is 14.4 Å². The highest BCUT2D eigenvalue weighted by Gasteiger charge is 2.34. The zero-order chi connectivity index (χ0) is 15.1. The van der Waals surface area contributed by atoms with Crippen molar-refractivity contribution in [3.8, 4) is 0 Å². The fourth-order valence-electron chi connectivity index (χ4n) is 2.88. The van der Waals surface area contributed by atoms with Crippen molar-refractivity contribution < 1.29 is 18.7 Å². The van der Waals surface area contributed by atoms with Crippen molar-refractivity contribution in [3.63, 3.8) is 0 Å². The average molecular weight is 293 g/mol. The summed E-state index contributed by atoms with van der Waals surface area (Å²) in [7, 11) is 0. The molecule has 0 unspecified atom stereocenters. The lowest BCUT2D eigenvalue weighted by Crippen LogP contribution is -2.58. The maximum Gasteiger partial charge on any atom is 0.407 e. The minimum absolute atomic E-state index is 0.169. The number of halogens is 1. The lowest BCUT2D eigenvalue weighted by atomic mass is 10.1. The van der Waals surface area contributed by atoms with Crippen molar-refractivity contribution in [2.24, 2.45) is 0 Å². The first-order valence-electron chi connectivity index (χ1n) is 6.78. The standard InChI is InChI=1S/C14H16FN3O3/c1-8-6-17(7-9(2)18(8)14(19)20)13-16-11-4-3-10(15)5-12(11)21-13/h3-5,8-9H,6-7H2,1-2H3,(H,19,20)/t8-,9+. The Labute approximate surface area is 120 Å². The number of benzene rings is 1. The molecule has 0 bridgehead atoms. The van der Waals surface area contributed by atoms with Crippen LogP contribution >= 0.6 is 0 Å². The zero-order valence-corrected chi connectivity index (χ0v) is 11.8. The number of amides is 1. The Balaban J connectivity index is 1.88. The monoisotopic (exact) mass is 293 g/mol. The third kappa shape index (κ3) is 2.39. The quantitative estimate of drug-likeness (QED) is 0.875. The molecule has 1 N–H and O–H groups in total. The molecule has 1 saturated heterocycles. The molecule has 0 radical (unpaired) electrons. The van der Waals surface area contributed by atoms with E-state index in [4.69, 9.17) is 4.42 Å². The number of hydrogen-bond acceptors (Lipinski definition) is 4. The molecule has 3 rings (SSSR count). The van der Waals surface area contributed by atoms with E-state index in [0.29, 0.717) is 30.2 Å². The van der Waals surface area contributed by atoms with E-state index in [-0.39, 0.29) is 17.9 Å². The molecule has 7 heteroatoms. The van der Waals surface area contributed by atoms with Crippen molar-refractivity contribution in [2.45, 2.75) is 25.9 Å². The maximum absolute atomic E-state index is 13.2. The van der Waals surface area contributed by atoms with Gasteiger partial charge in [0.1, 0.15) is 11.3 Å². The summed E-state index contributed by atoms with van der Waals surface area (Å²) in [5, 5.41) is 9.21. The first kappa shape index (κ1) is 13.7. The van der Waals surface area contributed by atoms with Gasteiger partial charge in [-0.3, -0.25) is 4.90 Å². The normalized spacial score (nSPS) is 22.8. The molecule has 1 aromatic carbocycles. The second-order valence-electron chi connectivity index (χ2n) is 5.40. The van der Waals surface area contributed by atoms with Crippen molar-refractivity contribution in [3.05, 3.63) is 24.0 Å². The van der Waals surface area contributed by atoms with Crippen LogP contribution in [-0.4, -0.2) is 46.3 Å². The Morgan fingerprint density at radius 2 is 2.05 bits per heavy atom. The minimum Gasteiger partial charge on any atom is -0.465 e. The summed E-state index contributed by atoms with van der Waals surface area (Å²) < 4.78 is 18.8. The largest absolute Gasteiger partial charge is 0.465 e. The molecule has 0 aliphatic carbocycles. The number of carboxylic acid groups (broad SMARTS) is 1. The van der Waals surface area contributed by atoms with Gasteiger partial charge in [-0.1, -0.05) is 0 Å². The van der Waals surface area contributed by atoms with Gasteiger partial charge in [0.25, 0.3) is 6.01 Å². The van der Waals surface area contributed by atoms with Gasteiger partial charge in [0, 0.05) is 19.2 Å². The summed E-state index contributed by atoms with van der Waals surface area (Å²) in [4.78, 5) is 18.9. The van der Waals surface area contributed by atoms with Crippen LogP contribution in [-0.2, 0) is 0 Å². The number of nitrogens with zero attached hydrogens (tertiary/aromatic N) is 3. The highest BCUT2D eigenvalue weighted by Crippen LogP contribution is 2.26. The third-order valence-electron chi connectivity index (χ3n) is 3.75. The van der Waals surface area contributed by atoms with Gasteiger partial charge in [-0.05, 0) is 26.0 Å². The highest BCUT2D eigenvalue weighted by molar-refractivity contribution is 5.74. The topological polar surface area (TPSA) is 69.8 Å². The van der Waals surface area contributed by atoms with Gasteiger partial charge in [0.15, 0.2) is 5.58 Å². The Kier molecular flexibility index (Phi) is 3.19. The molecule has 0 saturated carbocycles. The average Bonchev–Trinajstić information content (AvgIpc) is 2.80. The summed E-state index contributed by atoms with van der Waals surface area (Å²) in [5.74, 6) is -0.373. The van der Waals surface area contributed by atoms with Gasteiger partial charge in [-0.2, -0.15) is 4.98 Å². The molecule has 2 atom stereocenters. The Morgan fingerprint density at radius 3 is 2.67 bits per heavy atom. The van der Waals surface area contributed by atoms with E-state index in [1.54, 1.807) is 6.07 Å². The van der Waals surface area contributed by atoms with E-state index in [0.717, 1.165) is 0 Å². The summed E-state index contributed by atoms with van der Waals surface area (Å²) in [6.45, 7) is 4.68. The van der Waals surface area contributed by atoms with Gasteiger partial charge >= 0.3 is 6.09 Å². The second-order valence-corrected chi connectivity index (χ2v) is 5.40. The summed E-state index contributed by atoms with van der Waals surface area (Å²) in [6.07, 6.45) is -0.922. The smallest absolute Gasteiger partial charge is 0.407 e. The summed E-state index contributed by atoms with van der Waals surface area (Å²) in [6, 6.07) is 4.27. The van der Waals surface area contributed by atoms with Crippen molar-refractivity contribution in [1.82, 2.24) is 9.88 Å². The van der Waals surface area contributed by atoms with Crippen LogP contribution < -0.4 is 4.90 Å². The number of rotatable bonds is 1. The van der Waals surface area contributed by atoms with E-state index >= 15 is 0 Å². The number of aromatic nitrogens is 1. The van der Waals surface area contributed by atoms with Gasteiger partial charge in [0.05, 0.1) is 12.1 Å². The molecule has 112 valence electrons. The number of anilines is 1. The summed E-state index contributed by atoms with van der Waals surface area (Å²) in [5.41, 5.74) is 0.985. The molecule has 1 amide bonds. The molecule has 6 nitrogen and oxygen atoms in total. The highest BCUT2D eigenvalue weighted by atomic mass is 19.1. The van der Waals surface area contributed by atoms with Crippen LogP contribution in [0.3, 0.4) is 0 Å². The number of fused-ring (bicyclic) bond motifs is 1. The van der Waals surface area contributed by atoms with Crippen LogP contribution in [0.1, 0.15) is 13.8 Å². The Hall–Kier alpha value is -2.31. The summed E-state index contributed by atoms with van der Waals surface area (Å²) >= 11 is 0. The maximum atomic E-state index is 13.2. The van der Waals surface area contributed by atoms with Gasteiger partial charge in [0.2, 0.25) is 0 Å². The molecule has 1 fully saturated rings. The predicted molar refractivity (Wildman–Crippen MR) is 75.0 cm³/mol. The van der Waals surface area contributed by atoms with Crippen LogP contribution in [0.25, 0.3) is 11.1 Å². The SMILES string of the molecule is C[C@@H]1CN(c2nc3ccc(F)cc3o2)C[C@H](C)N1C(=O)O. The Morgan fingerprint density at radius 1 is 1.38 bits per heavy atom. The van der Waals surface area contributed by atoms with Crippen LogP contribution in [0.5, 0.6) is 0 Å². The van der Waals surface area contributed by atoms with Gasteiger partial charge in [-0.25, -0.2) is 9.18 Å². The number of oxazole rings is 1. The number of carbonyl (C=O) groups is 1. The second kappa shape index (κ2) is 4.91. The van der Waals surface area contributed by atoms with E-state index < -0.39 is 6.09 Å². The lowest BCUT2D eigenvalue weighted by Gasteiger charge is -2.42. The van der Waals surface area contributed by atoms with E-state index in [2.05, 4.69) is 4.98 Å². The number of hydrogen-bond donors (Lipinski definition) is 1. The molecule has 1 aromatic heterocycles. The van der Waals surface area contributed by atoms with Crippen molar-refractivity contribution in [2.75, 3.05) is 18.0 Å². The first-order valence-corrected chi connectivity index (χ1v) is 6.78. The predicted octanol–water partition coefficient (Wildman–Crippen LogP) is 2.54. The molecular formula is C14H16FN3O3. The van der Waals surface area contributed by atoms with Crippen LogP contribution in [0.2, 0.25) is 0 Å². The first-order chi connectivity index (χ1) is 9.95. The van der Waals surface area contributed by atoms with Crippen LogP contribution in [0.4, 0.5) is 15.2 Å². The van der Waals surface area contributed by atoms with E-state index in [1.807, 2.05) is 18.7 Å². The molecule has 1 aliphatic heterocycles. The molecule has 2 aromatic rings. The molecular weight excluding hydrogens is 277 g/mol. The molecule has 0 spiro atoms. The molecule has 1 aliphatic rings. The van der Waals surface area contributed by atoms with E-state index in [1.165, 1.54) is 17.0 Å². The van der Waals surface area contributed by atoms with Crippen molar-refractivity contribution >= 4 is 23.2 Å². The molecule has 2 heterocycles. The molecule has 21 heavy (non-hydrogen) atoms. The minimum atomic E-state index is -0.922. The fourth-order valence-corrected chi connectivity index (χ4v) is 2.88. The van der Waals surface area contributed by atoms with Crippen LogP contribution in [0.15, 0.2) is 22.6 Å². The lowest BCUT2D eigenvalue weighted by molar-refractivity contribution is 0.0971.